The highest BCUT2D eigenvalue weighted by Crippen LogP contribution is 2.26. The van der Waals surface area contributed by atoms with Crippen molar-refractivity contribution in [3.05, 3.63) is 35.9 Å². The number of carboxylic acids is 1. The molecule has 0 fully saturated rings. The highest BCUT2D eigenvalue weighted by atomic mass is 19.3. The van der Waals surface area contributed by atoms with Crippen molar-refractivity contribution >= 4 is 12.0 Å². The van der Waals surface area contributed by atoms with Gasteiger partial charge in [0.1, 0.15) is 0 Å². The van der Waals surface area contributed by atoms with Gasteiger partial charge in [-0.05, 0) is 0 Å². The summed E-state index contributed by atoms with van der Waals surface area (Å²) in [5, 5.41) is 12.5. The SMILES string of the molecule is O=C(O)CCNC(=O)NCC(F)(F)c1ccccc1. The van der Waals surface area contributed by atoms with Crippen LogP contribution in [0.25, 0.3) is 0 Å². The van der Waals surface area contributed by atoms with Gasteiger partial charge in [-0.2, -0.15) is 8.78 Å². The molecular formula is C12H14F2N2O3. The lowest BCUT2D eigenvalue weighted by molar-refractivity contribution is -0.136. The molecule has 1 aromatic rings. The molecule has 3 N–H and O–H groups in total. The molecule has 0 aliphatic carbocycles. The van der Waals surface area contributed by atoms with Gasteiger partial charge < -0.3 is 15.7 Å². The predicted octanol–water partition coefficient (Wildman–Crippen LogP) is 1.55. The first-order valence-corrected chi connectivity index (χ1v) is 5.58. The lowest BCUT2D eigenvalue weighted by Crippen LogP contribution is -2.41. The van der Waals surface area contributed by atoms with E-state index in [0.29, 0.717) is 0 Å². The number of nitrogens with one attached hydrogen (secondary N) is 2. The number of rotatable bonds is 6. The number of amides is 2. The molecular weight excluding hydrogens is 258 g/mol. The molecule has 0 saturated carbocycles. The highest BCUT2D eigenvalue weighted by molar-refractivity contribution is 5.75. The number of halogens is 2. The molecule has 2 amide bonds. The summed E-state index contributed by atoms with van der Waals surface area (Å²) in [7, 11) is 0. The number of hydrogen-bond donors (Lipinski definition) is 3. The third-order valence-electron chi connectivity index (χ3n) is 2.29. The molecule has 0 heterocycles. The fourth-order valence-corrected chi connectivity index (χ4v) is 1.32. The predicted molar refractivity (Wildman–Crippen MR) is 64.0 cm³/mol. The summed E-state index contributed by atoms with van der Waals surface area (Å²) >= 11 is 0. The van der Waals surface area contributed by atoms with Gasteiger partial charge in [-0.1, -0.05) is 30.3 Å². The average molecular weight is 272 g/mol. The molecule has 0 atom stereocenters. The van der Waals surface area contributed by atoms with Crippen LogP contribution in [-0.2, 0) is 10.7 Å². The molecule has 0 bridgehead atoms. The Labute approximate surface area is 108 Å². The number of hydrogen-bond acceptors (Lipinski definition) is 2. The maximum Gasteiger partial charge on any atom is 0.315 e. The number of urea groups is 1. The summed E-state index contributed by atoms with van der Waals surface area (Å²) in [6.45, 7) is -0.964. The topological polar surface area (TPSA) is 78.4 Å². The Morgan fingerprint density at radius 2 is 1.79 bits per heavy atom. The van der Waals surface area contributed by atoms with Crippen LogP contribution < -0.4 is 10.6 Å². The Kier molecular flexibility index (Phi) is 5.23. The molecule has 0 aliphatic heterocycles. The van der Waals surface area contributed by atoms with E-state index in [0.717, 1.165) is 0 Å². The van der Waals surface area contributed by atoms with Crippen LogP contribution in [0.2, 0.25) is 0 Å². The van der Waals surface area contributed by atoms with Crippen molar-refractivity contribution < 1.29 is 23.5 Å². The second kappa shape index (κ2) is 6.67. The first-order chi connectivity index (χ1) is 8.92. The maximum atomic E-state index is 13.6. The van der Waals surface area contributed by atoms with E-state index in [9.17, 15) is 18.4 Å². The molecule has 5 nitrogen and oxygen atoms in total. The molecule has 7 heteroatoms. The van der Waals surface area contributed by atoms with Gasteiger partial charge in [0.25, 0.3) is 5.92 Å². The number of carbonyl (C=O) groups excluding carboxylic acids is 1. The van der Waals surface area contributed by atoms with Crippen LogP contribution in [-0.4, -0.2) is 30.2 Å². The Morgan fingerprint density at radius 1 is 1.16 bits per heavy atom. The van der Waals surface area contributed by atoms with Gasteiger partial charge in [0.05, 0.1) is 13.0 Å². The van der Waals surface area contributed by atoms with Gasteiger partial charge in [0, 0.05) is 12.1 Å². The summed E-state index contributed by atoms with van der Waals surface area (Å²) in [6, 6.07) is 6.29. The molecule has 0 aliphatic rings. The van der Waals surface area contributed by atoms with E-state index < -0.39 is 24.5 Å². The Bertz CT molecular complexity index is 438. The molecule has 0 saturated heterocycles. The van der Waals surface area contributed by atoms with Crippen molar-refractivity contribution in [1.29, 1.82) is 0 Å². The van der Waals surface area contributed by atoms with E-state index in [-0.39, 0.29) is 18.5 Å². The van der Waals surface area contributed by atoms with Gasteiger partial charge in [-0.15, -0.1) is 0 Å². The maximum absolute atomic E-state index is 13.6. The number of carboxylic acid groups (broad SMARTS) is 1. The Balaban J connectivity index is 2.39. The van der Waals surface area contributed by atoms with Crippen molar-refractivity contribution in [3.8, 4) is 0 Å². The van der Waals surface area contributed by atoms with Crippen LogP contribution in [0.4, 0.5) is 13.6 Å². The van der Waals surface area contributed by atoms with E-state index in [1.807, 2.05) is 5.32 Å². The van der Waals surface area contributed by atoms with Crippen molar-refractivity contribution in [2.75, 3.05) is 13.1 Å². The highest BCUT2D eigenvalue weighted by Gasteiger charge is 2.31. The Morgan fingerprint density at radius 3 is 2.37 bits per heavy atom. The lowest BCUT2D eigenvalue weighted by Gasteiger charge is -2.17. The van der Waals surface area contributed by atoms with Gasteiger partial charge in [-0.25, -0.2) is 4.79 Å². The average Bonchev–Trinajstić information content (AvgIpc) is 2.37. The van der Waals surface area contributed by atoms with Gasteiger partial charge in [0.2, 0.25) is 0 Å². The van der Waals surface area contributed by atoms with Crippen LogP contribution in [0.15, 0.2) is 30.3 Å². The van der Waals surface area contributed by atoms with E-state index in [4.69, 9.17) is 5.11 Å². The molecule has 0 radical (unpaired) electrons. The molecule has 1 rings (SSSR count). The van der Waals surface area contributed by atoms with E-state index in [1.54, 1.807) is 6.07 Å². The number of aliphatic carboxylic acids is 1. The van der Waals surface area contributed by atoms with Crippen LogP contribution in [0, 0.1) is 0 Å². The zero-order valence-electron chi connectivity index (χ0n) is 10.0. The largest absolute Gasteiger partial charge is 0.481 e. The van der Waals surface area contributed by atoms with Gasteiger partial charge in [0.15, 0.2) is 0 Å². The molecule has 19 heavy (non-hydrogen) atoms. The summed E-state index contributed by atoms with van der Waals surface area (Å²) < 4.78 is 27.3. The minimum absolute atomic E-state index is 0.113. The van der Waals surface area contributed by atoms with E-state index in [2.05, 4.69) is 5.32 Å². The molecule has 1 aromatic carbocycles. The van der Waals surface area contributed by atoms with Crippen molar-refractivity contribution in [2.24, 2.45) is 0 Å². The molecule has 104 valence electrons. The number of alkyl halides is 2. The molecule has 0 aromatic heterocycles. The van der Waals surface area contributed by atoms with Crippen LogP contribution in [0.5, 0.6) is 0 Å². The fraction of sp³-hybridized carbons (Fsp3) is 0.333. The first-order valence-electron chi connectivity index (χ1n) is 5.58. The van der Waals surface area contributed by atoms with Crippen molar-refractivity contribution in [2.45, 2.75) is 12.3 Å². The summed E-state index contributed by atoms with van der Waals surface area (Å²) in [5.41, 5.74) is -0.194. The smallest absolute Gasteiger partial charge is 0.315 e. The summed E-state index contributed by atoms with van der Waals surface area (Å²) in [6.07, 6.45) is -0.261. The summed E-state index contributed by atoms with van der Waals surface area (Å²) in [5.74, 6) is -4.25. The lowest BCUT2D eigenvalue weighted by atomic mass is 10.1. The minimum Gasteiger partial charge on any atom is -0.481 e. The minimum atomic E-state index is -3.18. The normalized spacial score (nSPS) is 10.8. The second-order valence-electron chi connectivity index (χ2n) is 3.82. The van der Waals surface area contributed by atoms with Gasteiger partial charge >= 0.3 is 12.0 Å². The van der Waals surface area contributed by atoms with Gasteiger partial charge in [-0.3, -0.25) is 4.79 Å². The summed E-state index contributed by atoms with van der Waals surface area (Å²) in [4.78, 5) is 21.3. The molecule has 0 spiro atoms. The third-order valence-corrected chi connectivity index (χ3v) is 2.29. The quantitative estimate of drug-likeness (QED) is 0.735. The zero-order valence-corrected chi connectivity index (χ0v) is 10.0. The second-order valence-corrected chi connectivity index (χ2v) is 3.82. The molecule has 0 unspecified atom stereocenters. The van der Waals surface area contributed by atoms with Crippen LogP contribution in [0.3, 0.4) is 0 Å². The Hall–Kier alpha value is -2.18. The van der Waals surface area contributed by atoms with Crippen LogP contribution in [0.1, 0.15) is 12.0 Å². The first kappa shape index (κ1) is 14.9. The van der Waals surface area contributed by atoms with E-state index in [1.165, 1.54) is 24.3 Å². The third kappa shape index (κ3) is 5.33. The number of carbonyl (C=O) groups is 2. The monoisotopic (exact) mass is 272 g/mol. The van der Waals surface area contributed by atoms with E-state index >= 15 is 0 Å². The zero-order chi connectivity index (χ0) is 14.3. The van der Waals surface area contributed by atoms with Crippen molar-refractivity contribution in [1.82, 2.24) is 10.6 Å². The van der Waals surface area contributed by atoms with Crippen molar-refractivity contribution in [3.63, 3.8) is 0 Å². The number of benzene rings is 1. The van der Waals surface area contributed by atoms with Crippen LogP contribution >= 0.6 is 0 Å². The fourth-order valence-electron chi connectivity index (χ4n) is 1.32. The standard InChI is InChI=1S/C12H14F2N2O3/c13-12(14,9-4-2-1-3-5-9)8-16-11(19)15-7-6-10(17)18/h1-5H,6-8H2,(H,17,18)(H2,15,16,19).